The number of pyridine rings is 1. The lowest BCUT2D eigenvalue weighted by atomic mass is 10.0. The van der Waals surface area contributed by atoms with Crippen LogP contribution in [-0.2, 0) is 0 Å². The molecule has 0 aliphatic heterocycles. The number of benzene rings is 3. The molecule has 128 valence electrons. The Morgan fingerprint density at radius 2 is 1.69 bits per heavy atom. The number of aromatic nitrogens is 2. The Bertz CT molecular complexity index is 1330. The lowest BCUT2D eigenvalue weighted by Crippen LogP contribution is -2.21. The van der Waals surface area contributed by atoms with Gasteiger partial charge in [0.05, 0.1) is 11.0 Å². The van der Waals surface area contributed by atoms with Crippen molar-refractivity contribution in [2.45, 2.75) is 13.8 Å². The molecule has 0 N–H and O–H groups in total. The molecule has 5 rings (SSSR count). The maximum atomic E-state index is 13.2. The Balaban J connectivity index is 1.96. The van der Waals surface area contributed by atoms with Gasteiger partial charge >= 0.3 is 0 Å². The summed E-state index contributed by atoms with van der Waals surface area (Å²) in [6.45, 7) is 6.18. The molecule has 0 aliphatic carbocycles. The van der Waals surface area contributed by atoms with Crippen LogP contribution in [0, 0.1) is 0 Å². The standard InChI is InChI=1S/C22H19N3O/c1-3-24(4-2)15-11-12-19-18(13-15)23-21-16-9-5-7-14-8-6-10-17(20(14)16)22(26)25(19)21/h5-13H,3-4H2,1-2H3. The molecule has 0 atom stereocenters. The molecule has 2 heterocycles. The van der Waals surface area contributed by atoms with Crippen LogP contribution in [0.15, 0.2) is 59.4 Å². The van der Waals surface area contributed by atoms with Crippen molar-refractivity contribution in [3.05, 3.63) is 65.0 Å². The van der Waals surface area contributed by atoms with E-state index in [4.69, 9.17) is 4.98 Å². The van der Waals surface area contributed by atoms with Gasteiger partial charge in [0.1, 0.15) is 5.65 Å². The molecule has 0 bridgehead atoms. The average Bonchev–Trinajstić information content (AvgIpc) is 3.06. The average molecular weight is 341 g/mol. The number of hydrogen-bond donors (Lipinski definition) is 0. The molecule has 3 aromatic carbocycles. The van der Waals surface area contributed by atoms with E-state index in [-0.39, 0.29) is 5.56 Å². The number of fused-ring (bicyclic) bond motifs is 4. The maximum Gasteiger partial charge on any atom is 0.264 e. The van der Waals surface area contributed by atoms with Gasteiger partial charge in [0.2, 0.25) is 0 Å². The van der Waals surface area contributed by atoms with E-state index in [1.165, 1.54) is 0 Å². The molecule has 26 heavy (non-hydrogen) atoms. The van der Waals surface area contributed by atoms with Crippen molar-refractivity contribution in [1.29, 1.82) is 0 Å². The Morgan fingerprint density at radius 3 is 2.42 bits per heavy atom. The summed E-state index contributed by atoms with van der Waals surface area (Å²) >= 11 is 0. The third-order valence-electron chi connectivity index (χ3n) is 5.35. The van der Waals surface area contributed by atoms with E-state index in [1.807, 2.05) is 36.4 Å². The normalized spacial score (nSPS) is 11.9. The smallest absolute Gasteiger partial charge is 0.264 e. The molecule has 0 spiro atoms. The summed E-state index contributed by atoms with van der Waals surface area (Å²) in [4.78, 5) is 20.4. The van der Waals surface area contributed by atoms with Crippen LogP contribution in [0.25, 0.3) is 38.2 Å². The Hall–Kier alpha value is -3.14. The van der Waals surface area contributed by atoms with Crippen LogP contribution in [-0.4, -0.2) is 22.5 Å². The van der Waals surface area contributed by atoms with Gasteiger partial charge in [-0.1, -0.05) is 30.3 Å². The van der Waals surface area contributed by atoms with Crippen molar-refractivity contribution in [3.63, 3.8) is 0 Å². The molecule has 0 aliphatic rings. The van der Waals surface area contributed by atoms with E-state index in [1.54, 1.807) is 4.40 Å². The topological polar surface area (TPSA) is 37.6 Å². The molecule has 0 amide bonds. The van der Waals surface area contributed by atoms with Crippen molar-refractivity contribution in [2.24, 2.45) is 0 Å². The van der Waals surface area contributed by atoms with E-state index in [2.05, 4.69) is 36.9 Å². The van der Waals surface area contributed by atoms with E-state index in [0.29, 0.717) is 0 Å². The first-order chi connectivity index (χ1) is 12.7. The summed E-state index contributed by atoms with van der Waals surface area (Å²) in [7, 11) is 0. The third-order valence-corrected chi connectivity index (χ3v) is 5.35. The first kappa shape index (κ1) is 15.1. The van der Waals surface area contributed by atoms with Crippen LogP contribution in [0.2, 0.25) is 0 Å². The Labute approximate surface area is 150 Å². The van der Waals surface area contributed by atoms with Gasteiger partial charge in [-0.05, 0) is 43.5 Å². The van der Waals surface area contributed by atoms with Crippen molar-refractivity contribution in [1.82, 2.24) is 9.38 Å². The third kappa shape index (κ3) is 1.90. The number of rotatable bonds is 3. The van der Waals surface area contributed by atoms with Crippen molar-refractivity contribution >= 4 is 43.9 Å². The highest BCUT2D eigenvalue weighted by molar-refractivity contribution is 6.15. The van der Waals surface area contributed by atoms with Crippen LogP contribution >= 0.6 is 0 Å². The van der Waals surface area contributed by atoms with Crippen LogP contribution in [0.4, 0.5) is 5.69 Å². The van der Waals surface area contributed by atoms with E-state index in [9.17, 15) is 4.79 Å². The lowest BCUT2D eigenvalue weighted by Gasteiger charge is -2.20. The molecule has 4 heteroatoms. The van der Waals surface area contributed by atoms with Gasteiger partial charge in [0.15, 0.2) is 0 Å². The van der Waals surface area contributed by atoms with Crippen LogP contribution < -0.4 is 10.5 Å². The predicted molar refractivity (Wildman–Crippen MR) is 109 cm³/mol. The quantitative estimate of drug-likeness (QED) is 0.487. The summed E-state index contributed by atoms with van der Waals surface area (Å²) < 4.78 is 1.76. The maximum absolute atomic E-state index is 13.2. The van der Waals surface area contributed by atoms with Crippen LogP contribution in [0.3, 0.4) is 0 Å². The molecule has 5 aromatic rings. The van der Waals surface area contributed by atoms with Gasteiger partial charge < -0.3 is 4.90 Å². The molecule has 4 nitrogen and oxygen atoms in total. The summed E-state index contributed by atoms with van der Waals surface area (Å²) in [6.07, 6.45) is 0. The number of nitrogens with zero attached hydrogens (tertiary/aromatic N) is 3. The van der Waals surface area contributed by atoms with Gasteiger partial charge in [0, 0.05) is 34.9 Å². The van der Waals surface area contributed by atoms with E-state index < -0.39 is 0 Å². The monoisotopic (exact) mass is 341 g/mol. The highest BCUT2D eigenvalue weighted by Gasteiger charge is 2.16. The van der Waals surface area contributed by atoms with Gasteiger partial charge in [-0.3, -0.25) is 9.20 Å². The lowest BCUT2D eigenvalue weighted by molar-refractivity contribution is 0.867. The fourth-order valence-electron chi connectivity index (χ4n) is 4.07. The van der Waals surface area contributed by atoms with Gasteiger partial charge in [-0.25, -0.2) is 4.98 Å². The molecule has 0 saturated heterocycles. The second kappa shape index (κ2) is 5.43. The van der Waals surface area contributed by atoms with Gasteiger partial charge in [-0.15, -0.1) is 0 Å². The highest BCUT2D eigenvalue weighted by Crippen LogP contribution is 2.30. The van der Waals surface area contributed by atoms with Crippen molar-refractivity contribution in [2.75, 3.05) is 18.0 Å². The summed E-state index contributed by atoms with van der Waals surface area (Å²) in [5, 5.41) is 3.86. The van der Waals surface area contributed by atoms with Gasteiger partial charge in [-0.2, -0.15) is 0 Å². The van der Waals surface area contributed by atoms with Crippen LogP contribution in [0.5, 0.6) is 0 Å². The minimum Gasteiger partial charge on any atom is -0.372 e. The fraction of sp³-hybridized carbons (Fsp3) is 0.182. The number of hydrogen-bond acceptors (Lipinski definition) is 3. The second-order valence-electron chi connectivity index (χ2n) is 6.63. The SMILES string of the molecule is CCN(CC)c1ccc2c(c1)nc1c3cccc4cccc(c(=O)n21)c43. The van der Waals surface area contributed by atoms with E-state index in [0.717, 1.165) is 57.0 Å². The summed E-state index contributed by atoms with van der Waals surface area (Å²) in [5.41, 5.74) is 3.62. The first-order valence-corrected chi connectivity index (χ1v) is 9.07. The second-order valence-corrected chi connectivity index (χ2v) is 6.63. The molecule has 0 radical (unpaired) electrons. The molecule has 0 unspecified atom stereocenters. The predicted octanol–water partition coefficient (Wildman–Crippen LogP) is 4.44. The minimum absolute atomic E-state index is 0.00221. The molecule has 0 saturated carbocycles. The van der Waals surface area contributed by atoms with Crippen molar-refractivity contribution in [3.8, 4) is 0 Å². The minimum atomic E-state index is 0.00221. The summed E-state index contributed by atoms with van der Waals surface area (Å²) in [5.74, 6) is 0. The molecule has 0 fully saturated rings. The summed E-state index contributed by atoms with van der Waals surface area (Å²) in [6, 6.07) is 18.2. The van der Waals surface area contributed by atoms with Gasteiger partial charge in [0.25, 0.3) is 5.56 Å². The zero-order valence-electron chi connectivity index (χ0n) is 14.9. The number of imidazole rings is 1. The van der Waals surface area contributed by atoms with Crippen molar-refractivity contribution < 1.29 is 0 Å². The zero-order valence-corrected chi connectivity index (χ0v) is 14.9. The molecule has 2 aromatic heterocycles. The zero-order chi connectivity index (χ0) is 17.8. The number of anilines is 1. The van der Waals surface area contributed by atoms with E-state index >= 15 is 0 Å². The Kier molecular flexibility index (Phi) is 3.16. The Morgan fingerprint density at radius 1 is 0.962 bits per heavy atom. The first-order valence-electron chi connectivity index (χ1n) is 9.07. The largest absolute Gasteiger partial charge is 0.372 e. The highest BCUT2D eigenvalue weighted by atomic mass is 16.1. The van der Waals surface area contributed by atoms with Crippen LogP contribution in [0.1, 0.15) is 13.8 Å². The molecular formula is C22H19N3O. The fourth-order valence-corrected chi connectivity index (χ4v) is 4.07. The molecular weight excluding hydrogens is 322 g/mol.